The van der Waals surface area contributed by atoms with Crippen LogP contribution < -0.4 is 0 Å². The van der Waals surface area contributed by atoms with Crippen molar-refractivity contribution in [3.63, 3.8) is 0 Å². The van der Waals surface area contributed by atoms with Gasteiger partial charge in [-0.15, -0.1) is 0 Å². The third-order valence-corrected chi connectivity index (χ3v) is 2.93. The van der Waals surface area contributed by atoms with Crippen LogP contribution in [0.5, 0.6) is 0 Å². The van der Waals surface area contributed by atoms with Gasteiger partial charge >= 0.3 is 0 Å². The van der Waals surface area contributed by atoms with Crippen LogP contribution in [0, 0.1) is 5.92 Å². The normalized spacial score (nSPS) is 13.6. The van der Waals surface area contributed by atoms with Gasteiger partial charge in [-0.3, -0.25) is 4.90 Å². The molecule has 0 heterocycles. The molecular weight excluding hydrogens is 170 g/mol. The van der Waals surface area contributed by atoms with Gasteiger partial charge in [0.2, 0.25) is 0 Å². The van der Waals surface area contributed by atoms with Gasteiger partial charge in [0, 0.05) is 12.6 Å². The fraction of sp³-hybridized carbons (Fsp3) is 0.538. The first-order valence-electron chi connectivity index (χ1n) is 5.35. The molecule has 0 amide bonds. The lowest BCUT2D eigenvalue weighted by Gasteiger charge is -2.27. The van der Waals surface area contributed by atoms with E-state index in [1.54, 1.807) is 0 Å². The first-order chi connectivity index (χ1) is 6.61. The van der Waals surface area contributed by atoms with E-state index < -0.39 is 0 Å². The number of hydrogen-bond donors (Lipinski definition) is 0. The van der Waals surface area contributed by atoms with Crippen molar-refractivity contribution >= 4 is 0 Å². The van der Waals surface area contributed by atoms with E-state index in [4.69, 9.17) is 0 Å². The SMILES string of the molecule is CC(C)C(C)N(C)Cc1ccccc1. The van der Waals surface area contributed by atoms with E-state index in [9.17, 15) is 0 Å². The third kappa shape index (κ3) is 3.15. The molecule has 78 valence electrons. The minimum atomic E-state index is 0.634. The molecule has 1 nitrogen and oxygen atoms in total. The van der Waals surface area contributed by atoms with Crippen LogP contribution >= 0.6 is 0 Å². The van der Waals surface area contributed by atoms with Crippen LogP contribution in [0.1, 0.15) is 26.3 Å². The lowest BCUT2D eigenvalue weighted by atomic mass is 10.0. The number of benzene rings is 1. The van der Waals surface area contributed by atoms with Gasteiger partial charge in [-0.2, -0.15) is 0 Å². The van der Waals surface area contributed by atoms with E-state index in [2.05, 4.69) is 63.1 Å². The maximum Gasteiger partial charge on any atom is 0.0233 e. The molecule has 14 heavy (non-hydrogen) atoms. The van der Waals surface area contributed by atoms with Gasteiger partial charge in [0.1, 0.15) is 0 Å². The summed E-state index contributed by atoms with van der Waals surface area (Å²) in [6, 6.07) is 11.3. The first kappa shape index (κ1) is 11.3. The van der Waals surface area contributed by atoms with Gasteiger partial charge in [0.25, 0.3) is 0 Å². The topological polar surface area (TPSA) is 3.24 Å². The van der Waals surface area contributed by atoms with Crippen LogP contribution in [0.25, 0.3) is 0 Å². The second-order valence-electron chi connectivity index (χ2n) is 4.39. The molecule has 1 rings (SSSR count). The van der Waals surface area contributed by atoms with E-state index >= 15 is 0 Å². The smallest absolute Gasteiger partial charge is 0.0233 e. The van der Waals surface area contributed by atoms with Gasteiger partial charge in [-0.05, 0) is 25.5 Å². The summed E-state index contributed by atoms with van der Waals surface area (Å²) >= 11 is 0. The van der Waals surface area contributed by atoms with Gasteiger partial charge in [-0.25, -0.2) is 0 Å². The summed E-state index contributed by atoms with van der Waals surface area (Å²) in [7, 11) is 2.19. The van der Waals surface area contributed by atoms with Gasteiger partial charge in [0.15, 0.2) is 0 Å². The van der Waals surface area contributed by atoms with Gasteiger partial charge in [-0.1, -0.05) is 44.2 Å². The van der Waals surface area contributed by atoms with Crippen LogP contribution in [0.3, 0.4) is 0 Å². The number of rotatable bonds is 4. The Labute approximate surface area is 87.7 Å². The Bertz CT molecular complexity index is 253. The summed E-state index contributed by atoms with van der Waals surface area (Å²) in [5, 5.41) is 0. The molecule has 0 aliphatic rings. The molecule has 1 heteroatoms. The lowest BCUT2D eigenvalue weighted by Crippen LogP contribution is -2.32. The van der Waals surface area contributed by atoms with Crippen LogP contribution in [-0.4, -0.2) is 18.0 Å². The molecule has 0 bridgehead atoms. The minimum absolute atomic E-state index is 0.634. The van der Waals surface area contributed by atoms with Crippen molar-refractivity contribution < 1.29 is 0 Å². The third-order valence-electron chi connectivity index (χ3n) is 2.93. The monoisotopic (exact) mass is 191 g/mol. The average Bonchev–Trinajstić information content (AvgIpc) is 2.18. The number of hydrogen-bond acceptors (Lipinski definition) is 1. The molecule has 0 radical (unpaired) electrons. The highest BCUT2D eigenvalue weighted by Crippen LogP contribution is 2.11. The quantitative estimate of drug-likeness (QED) is 0.706. The Kier molecular flexibility index (Phi) is 4.15. The fourth-order valence-corrected chi connectivity index (χ4v) is 1.52. The molecule has 0 aliphatic carbocycles. The zero-order valence-electron chi connectivity index (χ0n) is 9.70. The van der Waals surface area contributed by atoms with Crippen molar-refractivity contribution in [2.24, 2.45) is 5.92 Å². The molecular formula is C13H21N. The van der Waals surface area contributed by atoms with E-state index in [1.807, 2.05) is 0 Å². The molecule has 0 saturated heterocycles. The molecule has 0 aromatic heterocycles. The van der Waals surface area contributed by atoms with Crippen molar-refractivity contribution in [1.29, 1.82) is 0 Å². The Hall–Kier alpha value is -0.820. The second-order valence-corrected chi connectivity index (χ2v) is 4.39. The van der Waals surface area contributed by atoms with Crippen LogP contribution in [0.15, 0.2) is 30.3 Å². The summed E-state index contributed by atoms with van der Waals surface area (Å²) in [5.74, 6) is 0.712. The molecule has 0 fully saturated rings. The van der Waals surface area contributed by atoms with Crippen molar-refractivity contribution in [1.82, 2.24) is 4.90 Å². The summed E-state index contributed by atoms with van der Waals surface area (Å²) in [6.45, 7) is 7.87. The average molecular weight is 191 g/mol. The molecule has 1 aromatic carbocycles. The fourth-order valence-electron chi connectivity index (χ4n) is 1.52. The molecule has 1 aromatic rings. The summed E-state index contributed by atoms with van der Waals surface area (Å²) < 4.78 is 0. The molecule has 0 aliphatic heterocycles. The summed E-state index contributed by atoms with van der Waals surface area (Å²) in [6.07, 6.45) is 0. The van der Waals surface area contributed by atoms with Crippen molar-refractivity contribution in [2.75, 3.05) is 7.05 Å². The minimum Gasteiger partial charge on any atom is -0.299 e. The molecule has 0 spiro atoms. The first-order valence-corrected chi connectivity index (χ1v) is 5.35. The highest BCUT2D eigenvalue weighted by Gasteiger charge is 2.12. The van der Waals surface area contributed by atoms with E-state index in [0.29, 0.717) is 12.0 Å². The van der Waals surface area contributed by atoms with Crippen LogP contribution in [0.4, 0.5) is 0 Å². The Morgan fingerprint density at radius 1 is 1.07 bits per heavy atom. The predicted octanol–water partition coefficient (Wildman–Crippen LogP) is 3.16. The maximum absolute atomic E-state index is 2.40. The summed E-state index contributed by atoms with van der Waals surface area (Å²) in [5.41, 5.74) is 1.39. The largest absolute Gasteiger partial charge is 0.299 e. The van der Waals surface area contributed by atoms with Crippen molar-refractivity contribution in [3.8, 4) is 0 Å². The summed E-state index contributed by atoms with van der Waals surface area (Å²) in [4.78, 5) is 2.40. The Morgan fingerprint density at radius 3 is 2.14 bits per heavy atom. The highest BCUT2D eigenvalue weighted by atomic mass is 15.1. The molecule has 1 atom stereocenters. The maximum atomic E-state index is 2.40. The Morgan fingerprint density at radius 2 is 1.64 bits per heavy atom. The molecule has 0 saturated carbocycles. The second kappa shape index (κ2) is 5.16. The zero-order valence-corrected chi connectivity index (χ0v) is 9.70. The molecule has 0 N–H and O–H groups in total. The predicted molar refractivity (Wildman–Crippen MR) is 62.2 cm³/mol. The van der Waals surface area contributed by atoms with Crippen molar-refractivity contribution in [2.45, 2.75) is 33.4 Å². The molecule has 1 unspecified atom stereocenters. The van der Waals surface area contributed by atoms with E-state index in [1.165, 1.54) is 5.56 Å². The van der Waals surface area contributed by atoms with E-state index in [0.717, 1.165) is 6.54 Å². The number of nitrogens with zero attached hydrogens (tertiary/aromatic N) is 1. The van der Waals surface area contributed by atoms with Gasteiger partial charge in [0.05, 0.1) is 0 Å². The highest BCUT2D eigenvalue weighted by molar-refractivity contribution is 5.14. The zero-order chi connectivity index (χ0) is 10.6. The van der Waals surface area contributed by atoms with Crippen molar-refractivity contribution in [3.05, 3.63) is 35.9 Å². The lowest BCUT2D eigenvalue weighted by molar-refractivity contribution is 0.200. The van der Waals surface area contributed by atoms with Crippen LogP contribution in [-0.2, 0) is 6.54 Å². The van der Waals surface area contributed by atoms with E-state index in [-0.39, 0.29) is 0 Å². The Balaban J connectivity index is 2.53. The van der Waals surface area contributed by atoms with Crippen LogP contribution in [0.2, 0.25) is 0 Å². The van der Waals surface area contributed by atoms with Gasteiger partial charge < -0.3 is 0 Å². The standard InChI is InChI=1S/C13H21N/c1-11(2)12(3)14(4)10-13-8-6-5-7-9-13/h5-9,11-12H,10H2,1-4H3.